The number of nitrogens with zero attached hydrogens (tertiary/aromatic N) is 5. The zero-order valence-corrected chi connectivity index (χ0v) is 33.4. The first-order valence-corrected chi connectivity index (χ1v) is 19.7. The van der Waals surface area contributed by atoms with Crippen molar-refractivity contribution in [2.24, 2.45) is 17.4 Å². The number of carbonyl (C=O) groups is 4. The third-order valence-electron chi connectivity index (χ3n) is 9.30. The Hall–Kier alpha value is -4.70. The summed E-state index contributed by atoms with van der Waals surface area (Å²) < 4.78 is 21.3. The molecule has 1 aliphatic heterocycles. The molecule has 1 saturated carbocycles. The lowest BCUT2D eigenvalue weighted by Crippen LogP contribution is -2.55. The van der Waals surface area contributed by atoms with E-state index in [4.69, 9.17) is 42.0 Å². The number of anilines is 4. The van der Waals surface area contributed by atoms with Crippen molar-refractivity contribution in [1.82, 2.24) is 25.2 Å². The third kappa shape index (κ3) is 12.9. The summed E-state index contributed by atoms with van der Waals surface area (Å²) in [5.41, 5.74) is 12.6. The first-order chi connectivity index (χ1) is 27.4. The van der Waals surface area contributed by atoms with Crippen LogP contribution < -0.4 is 32.3 Å². The molecule has 8 N–H and O–H groups in total. The second-order valence-corrected chi connectivity index (χ2v) is 14.9. The van der Waals surface area contributed by atoms with Gasteiger partial charge in [-0.05, 0) is 38.3 Å². The molecule has 5 rings (SSSR count). The molecular formula is C36H49ClN10O9S. The molecule has 57 heavy (non-hydrogen) atoms. The van der Waals surface area contributed by atoms with Crippen LogP contribution in [-0.2, 0) is 28.5 Å². The van der Waals surface area contributed by atoms with E-state index in [0.717, 1.165) is 24.5 Å². The number of hydrogen-bond donors (Lipinski definition) is 6. The summed E-state index contributed by atoms with van der Waals surface area (Å²) in [4.78, 5) is 67.1. The lowest BCUT2D eigenvalue weighted by Gasteiger charge is -2.36. The minimum atomic E-state index is -1.18. The minimum Gasteiger partial charge on any atom is -0.463 e. The van der Waals surface area contributed by atoms with Crippen molar-refractivity contribution >= 4 is 69.3 Å². The molecule has 19 nitrogen and oxygen atoms in total. The van der Waals surface area contributed by atoms with E-state index in [1.807, 2.05) is 32.0 Å². The smallest absolute Gasteiger partial charge is 0.407 e. The topological polar surface area (TPSA) is 259 Å². The molecule has 1 aliphatic carbocycles. The highest BCUT2D eigenvalue weighted by molar-refractivity contribution is 7.17. The number of ether oxygens (including phenoxy) is 4. The van der Waals surface area contributed by atoms with Crippen LogP contribution >= 0.6 is 22.9 Å². The second kappa shape index (κ2) is 21.2. The Morgan fingerprint density at radius 1 is 1.04 bits per heavy atom. The van der Waals surface area contributed by atoms with Gasteiger partial charge in [0.25, 0.3) is 5.91 Å². The molecule has 4 atom stereocenters. The van der Waals surface area contributed by atoms with Gasteiger partial charge in [-0.1, -0.05) is 35.1 Å². The summed E-state index contributed by atoms with van der Waals surface area (Å²) in [6.07, 6.45) is -0.605. The van der Waals surface area contributed by atoms with Crippen LogP contribution in [0.2, 0.25) is 5.02 Å². The third-order valence-corrected chi connectivity index (χ3v) is 10.5. The number of thiazole rings is 1. The van der Waals surface area contributed by atoms with Gasteiger partial charge in [-0.3, -0.25) is 14.5 Å². The highest BCUT2D eigenvalue weighted by atomic mass is 35.5. The van der Waals surface area contributed by atoms with Gasteiger partial charge in [-0.2, -0.15) is 0 Å². The molecule has 0 bridgehead atoms. The number of para-hydroxylation sites is 1. The number of aliphatic hydroxyl groups is 1. The van der Waals surface area contributed by atoms with Gasteiger partial charge >= 0.3 is 12.1 Å². The van der Waals surface area contributed by atoms with Crippen LogP contribution in [0.25, 0.3) is 0 Å². The van der Waals surface area contributed by atoms with Crippen molar-refractivity contribution in [1.29, 1.82) is 0 Å². The van der Waals surface area contributed by atoms with Crippen LogP contribution in [-0.4, -0.2) is 139 Å². The number of aryl methyl sites for hydroxylation is 2. The van der Waals surface area contributed by atoms with Crippen molar-refractivity contribution < 1.29 is 43.2 Å². The summed E-state index contributed by atoms with van der Waals surface area (Å²) in [5, 5.41) is 19.7. The predicted molar refractivity (Wildman–Crippen MR) is 212 cm³/mol. The maximum absolute atomic E-state index is 12.9. The van der Waals surface area contributed by atoms with E-state index < -0.39 is 42.1 Å². The van der Waals surface area contributed by atoms with Crippen molar-refractivity contribution in [3.05, 3.63) is 51.7 Å². The molecule has 21 heteroatoms. The van der Waals surface area contributed by atoms with Crippen LogP contribution in [0.5, 0.6) is 0 Å². The van der Waals surface area contributed by atoms with Gasteiger partial charge in [-0.25, -0.2) is 24.5 Å². The number of rotatable bonds is 18. The number of hydrogen-bond acceptors (Lipinski definition) is 17. The number of carbonyl (C=O) groups excluding carboxylic acids is 4. The van der Waals surface area contributed by atoms with Crippen molar-refractivity contribution in [2.75, 3.05) is 87.8 Å². The largest absolute Gasteiger partial charge is 0.463 e. The van der Waals surface area contributed by atoms with E-state index in [9.17, 15) is 24.3 Å². The SMILES string of the molecule is Cc1nc(Nc2ncc(C(=O)Nc3c(C)cccc3Cl)s2)cc(N2CCN(CCOC(=O)COCCOCCNC(=O)OC3CCC(N)C(O)C3C(N)=O)CC2)n1. The molecule has 2 aromatic heterocycles. The first kappa shape index (κ1) is 43.4. The number of halogens is 1. The molecule has 0 radical (unpaired) electrons. The van der Waals surface area contributed by atoms with Crippen LogP contribution in [0.3, 0.4) is 0 Å². The maximum Gasteiger partial charge on any atom is 0.407 e. The van der Waals surface area contributed by atoms with Gasteiger partial charge in [0.15, 0.2) is 5.13 Å². The van der Waals surface area contributed by atoms with Crippen molar-refractivity contribution in [3.8, 4) is 0 Å². The normalized spacial score (nSPS) is 19.8. The monoisotopic (exact) mass is 832 g/mol. The van der Waals surface area contributed by atoms with Gasteiger partial charge in [0.1, 0.15) is 47.6 Å². The summed E-state index contributed by atoms with van der Waals surface area (Å²) in [6.45, 7) is 7.78. The maximum atomic E-state index is 12.9. The van der Waals surface area contributed by atoms with E-state index >= 15 is 0 Å². The number of nitrogens with one attached hydrogen (secondary N) is 3. The van der Waals surface area contributed by atoms with Gasteiger partial charge in [0.05, 0.1) is 42.8 Å². The lowest BCUT2D eigenvalue weighted by molar-refractivity contribution is -0.150. The highest BCUT2D eigenvalue weighted by Crippen LogP contribution is 2.29. The fourth-order valence-corrected chi connectivity index (χ4v) is 7.26. The number of esters is 1. The quantitative estimate of drug-likeness (QED) is 0.0785. The van der Waals surface area contributed by atoms with Crippen molar-refractivity contribution in [2.45, 2.75) is 44.9 Å². The van der Waals surface area contributed by atoms with E-state index in [2.05, 4.69) is 40.7 Å². The number of piperazine rings is 1. The summed E-state index contributed by atoms with van der Waals surface area (Å²) >= 11 is 7.47. The first-order valence-electron chi connectivity index (χ1n) is 18.5. The number of alkyl carbamates (subject to hydrolysis) is 1. The Morgan fingerprint density at radius 2 is 1.81 bits per heavy atom. The van der Waals surface area contributed by atoms with E-state index in [-0.39, 0.29) is 45.5 Å². The molecular weight excluding hydrogens is 784 g/mol. The van der Waals surface area contributed by atoms with Gasteiger partial charge in [-0.15, -0.1) is 0 Å². The number of aliphatic hydroxyl groups excluding tert-OH is 1. The van der Waals surface area contributed by atoms with Crippen LogP contribution in [0.4, 0.5) is 27.2 Å². The Balaban J connectivity index is 0.917. The summed E-state index contributed by atoms with van der Waals surface area (Å²) in [5.74, 6) is -0.735. The van der Waals surface area contributed by atoms with E-state index in [1.165, 1.54) is 17.5 Å². The fourth-order valence-electron chi connectivity index (χ4n) is 6.28. The second-order valence-electron chi connectivity index (χ2n) is 13.4. The number of nitrogens with two attached hydrogens (primary N) is 2. The summed E-state index contributed by atoms with van der Waals surface area (Å²) in [7, 11) is 0. The number of amides is 3. The number of benzene rings is 1. The average Bonchev–Trinajstić information content (AvgIpc) is 3.64. The lowest BCUT2D eigenvalue weighted by atomic mass is 9.80. The fraction of sp³-hybridized carbons (Fsp3) is 0.528. The van der Waals surface area contributed by atoms with Crippen molar-refractivity contribution in [3.63, 3.8) is 0 Å². The highest BCUT2D eigenvalue weighted by Gasteiger charge is 2.42. The Labute approximate surface area is 338 Å². The Morgan fingerprint density at radius 3 is 2.56 bits per heavy atom. The number of primary amides is 1. The molecule has 3 amide bonds. The molecule has 1 saturated heterocycles. The molecule has 2 aliphatic rings. The van der Waals surface area contributed by atoms with Crippen LogP contribution in [0.1, 0.15) is 33.9 Å². The molecule has 310 valence electrons. The average molecular weight is 833 g/mol. The predicted octanol–water partition coefficient (Wildman–Crippen LogP) is 1.58. The molecule has 4 unspecified atom stereocenters. The van der Waals surface area contributed by atoms with Crippen LogP contribution in [0.15, 0.2) is 30.5 Å². The zero-order valence-electron chi connectivity index (χ0n) is 31.8. The Bertz CT molecular complexity index is 1830. The minimum absolute atomic E-state index is 0.130. The Kier molecular flexibility index (Phi) is 16.1. The van der Waals surface area contributed by atoms with Gasteiger partial charge in [0, 0.05) is 51.4 Å². The molecule has 2 fully saturated rings. The van der Waals surface area contributed by atoms with Gasteiger partial charge < -0.3 is 56.4 Å². The zero-order chi connectivity index (χ0) is 40.9. The number of aromatic nitrogens is 3. The molecule has 3 aromatic rings. The standard InChI is InChI=1S/C36H49ClN10O9S/c1-21-4-3-5-23(37)31(21)45-34(51)26-19-41-35(57-26)44-27-18-28(43-22(2)42-27)47-11-9-46(10-12-47)13-15-55-29(48)20-54-17-16-53-14-8-40-36(52)56-25-7-6-24(38)32(49)30(25)33(39)50/h3-5,18-19,24-25,30,32,49H,6-17,20,38H2,1-2H3,(H2,39,50)(H,40,52)(H,45,51)(H,41,42,43,44). The summed E-state index contributed by atoms with van der Waals surface area (Å²) in [6, 6.07) is 6.66. The van der Waals surface area contributed by atoms with Gasteiger partial charge in [0.2, 0.25) is 5.91 Å². The molecule has 1 aromatic carbocycles. The van der Waals surface area contributed by atoms with E-state index in [1.54, 1.807) is 6.07 Å². The molecule has 0 spiro atoms. The molecule has 3 heterocycles. The van der Waals surface area contributed by atoms with Crippen LogP contribution in [0, 0.1) is 19.8 Å². The van der Waals surface area contributed by atoms with E-state index in [0.29, 0.717) is 64.8 Å².